The molecule has 0 amide bonds. The van der Waals surface area contributed by atoms with Crippen molar-refractivity contribution >= 4 is 35.6 Å². The molecule has 0 radical (unpaired) electrons. The summed E-state index contributed by atoms with van der Waals surface area (Å²) in [4.78, 5) is 4.28. The highest BCUT2D eigenvalue weighted by Gasteiger charge is 1.98. The van der Waals surface area contributed by atoms with Crippen LogP contribution < -0.4 is 25.3 Å². The normalized spacial score (nSPS) is 10.6. The lowest BCUT2D eigenvalue weighted by atomic mass is 10.3. The van der Waals surface area contributed by atoms with Gasteiger partial charge in [0.2, 0.25) is 0 Å². The van der Waals surface area contributed by atoms with Crippen molar-refractivity contribution in [2.75, 3.05) is 32.7 Å². The number of nitrogens with one attached hydrogen (secondary N) is 1. The number of halogens is 1. The van der Waals surface area contributed by atoms with E-state index in [0.29, 0.717) is 19.1 Å². The fraction of sp³-hybridized carbons (Fsp3) is 0.278. The van der Waals surface area contributed by atoms with Gasteiger partial charge in [-0.2, -0.15) is 0 Å². The first kappa shape index (κ1) is 20.9. The number of aliphatic imine (C=N–C) groups is 1. The van der Waals surface area contributed by atoms with E-state index in [1.807, 2.05) is 48.5 Å². The van der Waals surface area contributed by atoms with Gasteiger partial charge < -0.3 is 25.3 Å². The maximum absolute atomic E-state index is 5.87. The maximum Gasteiger partial charge on any atom is 0.193 e. The van der Waals surface area contributed by atoms with E-state index < -0.39 is 0 Å². The summed E-state index contributed by atoms with van der Waals surface area (Å²) in [6, 6.07) is 15.0. The Labute approximate surface area is 165 Å². The molecule has 0 aliphatic heterocycles. The minimum Gasteiger partial charge on any atom is -0.497 e. The third kappa shape index (κ3) is 7.51. The lowest BCUT2D eigenvalue weighted by Crippen LogP contribution is -2.23. The van der Waals surface area contributed by atoms with E-state index in [9.17, 15) is 0 Å². The molecule has 0 aromatic heterocycles. The summed E-state index contributed by atoms with van der Waals surface area (Å²) in [5, 5.41) is 3.03. The van der Waals surface area contributed by atoms with Crippen molar-refractivity contribution in [2.24, 2.45) is 10.7 Å². The molecule has 0 saturated heterocycles. The molecular formula is C18H24IN3O3. The van der Waals surface area contributed by atoms with E-state index in [1.54, 1.807) is 14.2 Å². The molecule has 0 saturated carbocycles. The Bertz CT molecular complexity index is 680. The van der Waals surface area contributed by atoms with Gasteiger partial charge in [-0.15, -0.1) is 24.0 Å². The summed E-state index contributed by atoms with van der Waals surface area (Å²) >= 11 is 0. The summed E-state index contributed by atoms with van der Waals surface area (Å²) in [6.07, 6.45) is 0.762. The van der Waals surface area contributed by atoms with Gasteiger partial charge in [-0.3, -0.25) is 4.99 Å². The van der Waals surface area contributed by atoms with Crippen LogP contribution in [0, 0.1) is 0 Å². The van der Waals surface area contributed by atoms with Crippen LogP contribution in [0.1, 0.15) is 6.42 Å². The number of benzene rings is 2. The molecule has 2 aromatic rings. The van der Waals surface area contributed by atoms with Gasteiger partial charge in [-0.1, -0.05) is 12.1 Å². The molecule has 6 nitrogen and oxygen atoms in total. The zero-order valence-corrected chi connectivity index (χ0v) is 16.7. The Morgan fingerprint density at radius 1 is 1.00 bits per heavy atom. The smallest absolute Gasteiger partial charge is 0.193 e. The van der Waals surface area contributed by atoms with Gasteiger partial charge in [0.05, 0.1) is 20.8 Å². The number of nitrogens with zero attached hydrogens (tertiary/aromatic N) is 1. The predicted molar refractivity (Wildman–Crippen MR) is 112 cm³/mol. The van der Waals surface area contributed by atoms with E-state index in [-0.39, 0.29) is 24.0 Å². The number of hydrogen-bond acceptors (Lipinski definition) is 4. The highest BCUT2D eigenvalue weighted by Crippen LogP contribution is 2.19. The first-order chi connectivity index (χ1) is 11.7. The van der Waals surface area contributed by atoms with Crippen LogP contribution in [0.15, 0.2) is 53.5 Å². The molecule has 0 bridgehead atoms. The monoisotopic (exact) mass is 457 g/mol. The molecule has 0 atom stereocenters. The summed E-state index contributed by atoms with van der Waals surface area (Å²) in [5.74, 6) is 2.68. The number of anilines is 1. The van der Waals surface area contributed by atoms with E-state index >= 15 is 0 Å². The Hall–Kier alpha value is -2.16. The second kappa shape index (κ2) is 11.4. The number of guanidine groups is 1. The van der Waals surface area contributed by atoms with Crippen LogP contribution in [-0.2, 0) is 0 Å². The van der Waals surface area contributed by atoms with Gasteiger partial charge in [0, 0.05) is 30.8 Å². The number of nitrogens with two attached hydrogens (primary N) is 1. The number of methoxy groups -OCH3 is 2. The highest BCUT2D eigenvalue weighted by molar-refractivity contribution is 14.0. The van der Waals surface area contributed by atoms with Crippen molar-refractivity contribution in [3.8, 4) is 17.2 Å². The molecule has 0 heterocycles. The van der Waals surface area contributed by atoms with Crippen LogP contribution >= 0.6 is 24.0 Å². The third-order valence-corrected chi connectivity index (χ3v) is 3.24. The molecule has 0 fully saturated rings. The highest BCUT2D eigenvalue weighted by atomic mass is 127. The van der Waals surface area contributed by atoms with Crippen molar-refractivity contribution < 1.29 is 14.2 Å². The first-order valence-electron chi connectivity index (χ1n) is 7.69. The van der Waals surface area contributed by atoms with E-state index in [1.165, 1.54) is 0 Å². The second-order valence-corrected chi connectivity index (χ2v) is 5.00. The molecule has 2 aromatic carbocycles. The average molecular weight is 457 g/mol. The molecule has 0 spiro atoms. The van der Waals surface area contributed by atoms with Crippen molar-refractivity contribution in [3.05, 3.63) is 48.5 Å². The van der Waals surface area contributed by atoms with Gasteiger partial charge in [0.1, 0.15) is 17.2 Å². The van der Waals surface area contributed by atoms with Gasteiger partial charge in [-0.25, -0.2) is 0 Å². The molecule has 0 unspecified atom stereocenters. The molecule has 3 N–H and O–H groups in total. The Morgan fingerprint density at radius 2 is 1.64 bits per heavy atom. The fourth-order valence-corrected chi connectivity index (χ4v) is 2.03. The second-order valence-electron chi connectivity index (χ2n) is 5.00. The Kier molecular flexibility index (Phi) is 9.53. The Balaban J connectivity index is 0.00000312. The summed E-state index contributed by atoms with van der Waals surface area (Å²) < 4.78 is 16.0. The topological polar surface area (TPSA) is 78.1 Å². The maximum atomic E-state index is 5.87. The third-order valence-electron chi connectivity index (χ3n) is 3.24. The molecule has 25 heavy (non-hydrogen) atoms. The zero-order valence-electron chi connectivity index (χ0n) is 14.4. The van der Waals surface area contributed by atoms with Gasteiger partial charge in [0.25, 0.3) is 0 Å². The van der Waals surface area contributed by atoms with Crippen LogP contribution in [0.2, 0.25) is 0 Å². The summed E-state index contributed by atoms with van der Waals surface area (Å²) in [5.41, 5.74) is 6.71. The van der Waals surface area contributed by atoms with Gasteiger partial charge >= 0.3 is 0 Å². The average Bonchev–Trinajstić information content (AvgIpc) is 2.61. The van der Waals surface area contributed by atoms with E-state index in [4.69, 9.17) is 19.9 Å². The quantitative estimate of drug-likeness (QED) is 0.275. The van der Waals surface area contributed by atoms with Gasteiger partial charge in [0.15, 0.2) is 5.96 Å². The first-order valence-corrected chi connectivity index (χ1v) is 7.69. The molecule has 0 aliphatic carbocycles. The minimum absolute atomic E-state index is 0. The van der Waals surface area contributed by atoms with Crippen molar-refractivity contribution in [3.63, 3.8) is 0 Å². The number of hydrogen-bond donors (Lipinski definition) is 2. The predicted octanol–water partition coefficient (Wildman–Crippen LogP) is 3.52. The van der Waals surface area contributed by atoms with Crippen LogP contribution in [0.4, 0.5) is 5.69 Å². The van der Waals surface area contributed by atoms with Gasteiger partial charge in [-0.05, 0) is 24.3 Å². The molecular weight excluding hydrogens is 433 g/mol. The van der Waals surface area contributed by atoms with E-state index in [2.05, 4.69) is 10.3 Å². The fourth-order valence-electron chi connectivity index (χ4n) is 2.03. The standard InChI is InChI=1S/C18H23N3O3.HI/c1-22-15-7-3-6-14(12-15)21-18(19)20-10-5-11-24-17-9-4-8-16(13-17)23-2;/h3-4,6-9,12-13H,5,10-11H2,1-2H3,(H3,19,20,21);1H. The SMILES string of the molecule is COc1cccc(NC(N)=NCCCOc2cccc(OC)c2)c1.I. The summed E-state index contributed by atoms with van der Waals surface area (Å²) in [6.45, 7) is 1.13. The molecule has 136 valence electrons. The number of ether oxygens (including phenoxy) is 3. The van der Waals surface area contributed by atoms with Crippen LogP contribution in [0.25, 0.3) is 0 Å². The molecule has 0 aliphatic rings. The summed E-state index contributed by atoms with van der Waals surface area (Å²) in [7, 11) is 3.25. The molecule has 2 rings (SSSR count). The van der Waals surface area contributed by atoms with Crippen molar-refractivity contribution in [1.82, 2.24) is 0 Å². The lowest BCUT2D eigenvalue weighted by molar-refractivity contribution is 0.311. The zero-order chi connectivity index (χ0) is 17.2. The van der Waals surface area contributed by atoms with Crippen LogP contribution in [0.5, 0.6) is 17.2 Å². The Morgan fingerprint density at radius 3 is 2.36 bits per heavy atom. The van der Waals surface area contributed by atoms with Crippen molar-refractivity contribution in [1.29, 1.82) is 0 Å². The largest absolute Gasteiger partial charge is 0.497 e. The van der Waals surface area contributed by atoms with E-state index in [0.717, 1.165) is 29.4 Å². The van der Waals surface area contributed by atoms with Crippen LogP contribution in [-0.4, -0.2) is 33.3 Å². The number of rotatable bonds is 8. The molecule has 7 heteroatoms. The minimum atomic E-state index is 0. The van der Waals surface area contributed by atoms with Crippen molar-refractivity contribution in [2.45, 2.75) is 6.42 Å². The van der Waals surface area contributed by atoms with Crippen LogP contribution in [0.3, 0.4) is 0 Å². The lowest BCUT2D eigenvalue weighted by Gasteiger charge is -2.08.